The van der Waals surface area contributed by atoms with Crippen LogP contribution in [0.5, 0.6) is 0 Å². The Hall–Kier alpha value is -2.18. The molecule has 0 aliphatic heterocycles. The maximum Gasteiger partial charge on any atom is 0.265 e. The van der Waals surface area contributed by atoms with E-state index in [2.05, 4.69) is 10.4 Å². The van der Waals surface area contributed by atoms with Gasteiger partial charge in [0.2, 0.25) is 0 Å². The molecule has 1 amide bonds. The first-order valence-electron chi connectivity index (χ1n) is 6.91. The van der Waals surface area contributed by atoms with Crippen molar-refractivity contribution in [1.29, 1.82) is 0 Å². The van der Waals surface area contributed by atoms with Crippen molar-refractivity contribution in [2.75, 3.05) is 12.4 Å². The Morgan fingerprint density at radius 3 is 2.95 bits per heavy atom. The quantitative estimate of drug-likeness (QED) is 0.803. The molecule has 114 valence electrons. The number of amides is 1. The summed E-state index contributed by atoms with van der Waals surface area (Å²) in [6.45, 7) is 2.47. The maximum absolute atomic E-state index is 12.4. The van der Waals surface area contributed by atoms with Gasteiger partial charge in [0.25, 0.3) is 5.91 Å². The van der Waals surface area contributed by atoms with E-state index in [4.69, 9.17) is 4.74 Å². The van der Waals surface area contributed by atoms with Crippen LogP contribution in [0.3, 0.4) is 0 Å². The third-order valence-electron chi connectivity index (χ3n) is 3.42. The highest BCUT2D eigenvalue weighted by atomic mass is 32.1. The maximum atomic E-state index is 12.4. The number of nitrogens with zero attached hydrogens (tertiary/aromatic N) is 2. The fraction of sp³-hybridized carbons (Fsp3) is 0.250. The van der Waals surface area contributed by atoms with E-state index in [0.29, 0.717) is 11.5 Å². The molecule has 0 spiro atoms. The van der Waals surface area contributed by atoms with Gasteiger partial charge in [0, 0.05) is 25.2 Å². The van der Waals surface area contributed by atoms with Crippen molar-refractivity contribution in [2.45, 2.75) is 13.5 Å². The van der Waals surface area contributed by atoms with Crippen LogP contribution in [0.2, 0.25) is 0 Å². The van der Waals surface area contributed by atoms with Crippen LogP contribution in [0, 0.1) is 6.92 Å². The zero-order valence-corrected chi connectivity index (χ0v) is 13.5. The number of hydrogen-bond acceptors (Lipinski definition) is 4. The van der Waals surface area contributed by atoms with Gasteiger partial charge in [-0.25, -0.2) is 0 Å². The number of carbonyl (C=O) groups excluding carboxylic acids is 1. The van der Waals surface area contributed by atoms with Crippen LogP contribution in [0.1, 0.15) is 20.9 Å². The minimum atomic E-state index is -0.102. The molecule has 0 saturated carbocycles. The molecule has 0 saturated heterocycles. The van der Waals surface area contributed by atoms with Crippen LogP contribution in [0.25, 0.3) is 10.2 Å². The van der Waals surface area contributed by atoms with Crippen LogP contribution < -0.4 is 5.32 Å². The first-order valence-corrected chi connectivity index (χ1v) is 7.72. The van der Waals surface area contributed by atoms with E-state index in [0.717, 1.165) is 27.2 Å². The second kappa shape index (κ2) is 5.90. The molecule has 2 heterocycles. The van der Waals surface area contributed by atoms with Gasteiger partial charge in [-0.2, -0.15) is 5.10 Å². The molecule has 0 radical (unpaired) electrons. The van der Waals surface area contributed by atoms with E-state index in [1.165, 1.54) is 11.3 Å². The molecule has 3 aromatic rings. The third kappa shape index (κ3) is 2.75. The normalized spacial score (nSPS) is 11.0. The average molecular weight is 315 g/mol. The van der Waals surface area contributed by atoms with E-state index >= 15 is 0 Å². The van der Waals surface area contributed by atoms with E-state index in [1.54, 1.807) is 7.11 Å². The summed E-state index contributed by atoms with van der Waals surface area (Å²) >= 11 is 1.45. The summed E-state index contributed by atoms with van der Waals surface area (Å²) in [5.74, 6) is -0.102. The molecule has 0 aliphatic carbocycles. The second-order valence-corrected chi connectivity index (χ2v) is 6.16. The summed E-state index contributed by atoms with van der Waals surface area (Å²) in [5, 5.41) is 8.31. The molecule has 3 rings (SSSR count). The molecule has 5 nitrogen and oxygen atoms in total. The number of hydrogen-bond donors (Lipinski definition) is 1. The second-order valence-electron chi connectivity index (χ2n) is 5.13. The first kappa shape index (κ1) is 14.7. The van der Waals surface area contributed by atoms with Crippen molar-refractivity contribution in [3.63, 3.8) is 0 Å². The summed E-state index contributed by atoms with van der Waals surface area (Å²) in [4.78, 5) is 14.1. The molecule has 22 heavy (non-hydrogen) atoms. The molecule has 1 aromatic carbocycles. The molecular weight excluding hydrogens is 298 g/mol. The Kier molecular flexibility index (Phi) is 3.96. The third-order valence-corrected chi connectivity index (χ3v) is 4.62. The number of thiophene rings is 1. The number of ether oxygens (including phenoxy) is 1. The standard InChI is InChI=1S/C16H17N3O2S/c1-10-13-8-14(22-16(13)19(2)18-10)15(20)17-12-6-4-5-11(7-12)9-21-3/h4-8H,9H2,1-3H3,(H,17,20). The Morgan fingerprint density at radius 2 is 2.23 bits per heavy atom. The number of carbonyl (C=O) groups is 1. The predicted molar refractivity (Wildman–Crippen MR) is 88.4 cm³/mol. The molecule has 0 aliphatic rings. The lowest BCUT2D eigenvalue weighted by molar-refractivity contribution is 0.103. The Bertz CT molecular complexity index is 801. The minimum Gasteiger partial charge on any atom is -0.380 e. The van der Waals surface area contributed by atoms with Gasteiger partial charge in [-0.3, -0.25) is 9.48 Å². The SMILES string of the molecule is COCc1cccc(NC(=O)c2cc3c(C)nn(C)c3s2)c1. The van der Waals surface area contributed by atoms with Crippen molar-refractivity contribution >= 4 is 33.1 Å². The van der Waals surface area contributed by atoms with Gasteiger partial charge in [-0.15, -0.1) is 11.3 Å². The van der Waals surface area contributed by atoms with Gasteiger partial charge in [-0.05, 0) is 30.7 Å². The summed E-state index contributed by atoms with van der Waals surface area (Å²) in [6, 6.07) is 9.56. The van der Waals surface area contributed by atoms with Crippen molar-refractivity contribution in [1.82, 2.24) is 9.78 Å². The Balaban J connectivity index is 1.83. The molecule has 0 bridgehead atoms. The number of nitrogens with one attached hydrogen (secondary N) is 1. The summed E-state index contributed by atoms with van der Waals surface area (Å²) in [6.07, 6.45) is 0. The number of aryl methyl sites for hydroxylation is 2. The number of rotatable bonds is 4. The summed E-state index contributed by atoms with van der Waals surface area (Å²) in [7, 11) is 3.54. The van der Waals surface area contributed by atoms with Gasteiger partial charge < -0.3 is 10.1 Å². The molecule has 6 heteroatoms. The van der Waals surface area contributed by atoms with E-state index in [9.17, 15) is 4.79 Å². The van der Waals surface area contributed by atoms with Crippen LogP contribution in [0.15, 0.2) is 30.3 Å². The highest BCUT2D eigenvalue weighted by molar-refractivity contribution is 7.20. The fourth-order valence-corrected chi connectivity index (χ4v) is 3.43. The van der Waals surface area contributed by atoms with Crippen LogP contribution in [-0.4, -0.2) is 22.8 Å². The predicted octanol–water partition coefficient (Wildman–Crippen LogP) is 3.34. The summed E-state index contributed by atoms with van der Waals surface area (Å²) in [5.41, 5.74) is 2.73. The van der Waals surface area contributed by atoms with Crippen molar-refractivity contribution < 1.29 is 9.53 Å². The largest absolute Gasteiger partial charge is 0.380 e. The van der Waals surface area contributed by atoms with Crippen LogP contribution in [0.4, 0.5) is 5.69 Å². The molecule has 1 N–H and O–H groups in total. The molecular formula is C16H17N3O2S. The minimum absolute atomic E-state index is 0.102. The number of fused-ring (bicyclic) bond motifs is 1. The molecule has 0 fully saturated rings. The number of aromatic nitrogens is 2. The van der Waals surface area contributed by atoms with Crippen molar-refractivity contribution in [2.24, 2.45) is 7.05 Å². The Labute approximate surface area is 132 Å². The highest BCUT2D eigenvalue weighted by Crippen LogP contribution is 2.28. The molecule has 0 unspecified atom stereocenters. The highest BCUT2D eigenvalue weighted by Gasteiger charge is 2.15. The van der Waals surface area contributed by atoms with Gasteiger partial charge in [0.05, 0.1) is 17.2 Å². The van der Waals surface area contributed by atoms with Gasteiger partial charge >= 0.3 is 0 Å². The lowest BCUT2D eigenvalue weighted by Crippen LogP contribution is -2.10. The lowest BCUT2D eigenvalue weighted by Gasteiger charge is -2.06. The monoisotopic (exact) mass is 315 g/mol. The van der Waals surface area contributed by atoms with Crippen LogP contribution >= 0.6 is 11.3 Å². The molecule has 2 aromatic heterocycles. The molecule has 0 atom stereocenters. The van der Waals surface area contributed by atoms with Crippen LogP contribution in [-0.2, 0) is 18.4 Å². The first-order chi connectivity index (χ1) is 10.6. The topological polar surface area (TPSA) is 56.1 Å². The van der Waals surface area contributed by atoms with E-state index < -0.39 is 0 Å². The van der Waals surface area contributed by atoms with E-state index in [-0.39, 0.29) is 5.91 Å². The summed E-state index contributed by atoms with van der Waals surface area (Å²) < 4.78 is 6.92. The zero-order valence-electron chi connectivity index (χ0n) is 12.7. The van der Waals surface area contributed by atoms with Gasteiger partial charge in [0.15, 0.2) is 0 Å². The van der Waals surface area contributed by atoms with Gasteiger partial charge in [-0.1, -0.05) is 12.1 Å². The smallest absolute Gasteiger partial charge is 0.265 e. The number of anilines is 1. The van der Waals surface area contributed by atoms with E-state index in [1.807, 2.05) is 49.0 Å². The Morgan fingerprint density at radius 1 is 1.41 bits per heavy atom. The van der Waals surface area contributed by atoms with Crippen molar-refractivity contribution in [3.05, 3.63) is 46.5 Å². The number of benzene rings is 1. The lowest BCUT2D eigenvalue weighted by atomic mass is 10.2. The average Bonchev–Trinajstić information content (AvgIpc) is 3.02. The van der Waals surface area contributed by atoms with Crippen molar-refractivity contribution in [3.8, 4) is 0 Å². The zero-order chi connectivity index (χ0) is 15.7. The number of methoxy groups -OCH3 is 1. The van der Waals surface area contributed by atoms with Gasteiger partial charge in [0.1, 0.15) is 4.83 Å². The fourth-order valence-electron chi connectivity index (χ4n) is 2.42.